The molecule has 1 unspecified atom stereocenters. The molecule has 0 spiro atoms. The quantitative estimate of drug-likeness (QED) is 0.794. The molecular weight excluding hydrogens is 229 g/mol. The van der Waals surface area contributed by atoms with E-state index in [0.29, 0.717) is 0 Å². The zero-order chi connectivity index (χ0) is 13.1. The van der Waals surface area contributed by atoms with E-state index < -0.39 is 0 Å². The standard InChI is InChI=1S/C15H20FNO/c1-3-4-5-6-13(17)15-10(2)12-9-11(16)7-8-14(12)18-15/h7-9,13H,3-6,17H2,1-2H3. The summed E-state index contributed by atoms with van der Waals surface area (Å²) >= 11 is 0. The second kappa shape index (κ2) is 5.53. The summed E-state index contributed by atoms with van der Waals surface area (Å²) < 4.78 is 19.0. The van der Waals surface area contributed by atoms with Crippen LogP contribution in [-0.2, 0) is 0 Å². The van der Waals surface area contributed by atoms with Crippen LogP contribution in [0.3, 0.4) is 0 Å². The van der Waals surface area contributed by atoms with Gasteiger partial charge in [0.1, 0.15) is 17.2 Å². The van der Waals surface area contributed by atoms with Crippen molar-refractivity contribution in [2.75, 3.05) is 0 Å². The minimum atomic E-state index is -0.238. The molecule has 0 aliphatic carbocycles. The highest BCUT2D eigenvalue weighted by atomic mass is 19.1. The number of hydrogen-bond donors (Lipinski definition) is 1. The minimum absolute atomic E-state index is 0.0907. The van der Waals surface area contributed by atoms with Gasteiger partial charge in [0.05, 0.1) is 6.04 Å². The molecule has 0 amide bonds. The molecule has 0 fully saturated rings. The number of hydrogen-bond acceptors (Lipinski definition) is 2. The van der Waals surface area contributed by atoms with Crippen LogP contribution < -0.4 is 5.73 Å². The van der Waals surface area contributed by atoms with Crippen molar-refractivity contribution in [3.63, 3.8) is 0 Å². The number of aryl methyl sites for hydroxylation is 1. The third-order valence-corrected chi connectivity index (χ3v) is 3.39. The smallest absolute Gasteiger partial charge is 0.134 e. The van der Waals surface area contributed by atoms with Gasteiger partial charge in [-0.1, -0.05) is 26.2 Å². The third kappa shape index (κ3) is 2.56. The summed E-state index contributed by atoms with van der Waals surface area (Å²) in [6.45, 7) is 4.11. The van der Waals surface area contributed by atoms with Gasteiger partial charge in [0.15, 0.2) is 0 Å². The van der Waals surface area contributed by atoms with Crippen molar-refractivity contribution in [2.45, 2.75) is 45.6 Å². The van der Waals surface area contributed by atoms with Crippen LogP contribution in [0.15, 0.2) is 22.6 Å². The largest absolute Gasteiger partial charge is 0.459 e. The van der Waals surface area contributed by atoms with Crippen molar-refractivity contribution in [1.82, 2.24) is 0 Å². The molecule has 2 rings (SSSR count). The van der Waals surface area contributed by atoms with E-state index in [1.165, 1.54) is 25.0 Å². The van der Waals surface area contributed by atoms with Crippen LogP contribution in [0.2, 0.25) is 0 Å². The number of fused-ring (bicyclic) bond motifs is 1. The molecule has 18 heavy (non-hydrogen) atoms. The maximum Gasteiger partial charge on any atom is 0.134 e. The average molecular weight is 249 g/mol. The maximum atomic E-state index is 13.2. The number of halogens is 1. The van der Waals surface area contributed by atoms with Crippen molar-refractivity contribution in [1.29, 1.82) is 0 Å². The summed E-state index contributed by atoms with van der Waals surface area (Å²) in [6.07, 6.45) is 4.37. The number of rotatable bonds is 5. The van der Waals surface area contributed by atoms with Gasteiger partial charge in [-0.15, -0.1) is 0 Å². The second-order valence-corrected chi connectivity index (χ2v) is 4.83. The Morgan fingerprint density at radius 3 is 2.83 bits per heavy atom. The first kappa shape index (κ1) is 13.1. The lowest BCUT2D eigenvalue weighted by Gasteiger charge is -2.09. The van der Waals surface area contributed by atoms with Crippen LogP contribution in [0.4, 0.5) is 4.39 Å². The molecule has 1 atom stereocenters. The van der Waals surface area contributed by atoms with Gasteiger partial charge >= 0.3 is 0 Å². The molecule has 1 heterocycles. The molecule has 2 N–H and O–H groups in total. The predicted molar refractivity (Wildman–Crippen MR) is 72.0 cm³/mol. The summed E-state index contributed by atoms with van der Waals surface area (Å²) in [5.74, 6) is 0.559. The molecule has 2 nitrogen and oxygen atoms in total. The number of benzene rings is 1. The Kier molecular flexibility index (Phi) is 4.02. The Hall–Kier alpha value is -1.35. The lowest BCUT2D eigenvalue weighted by molar-refractivity contribution is 0.460. The highest BCUT2D eigenvalue weighted by Crippen LogP contribution is 2.31. The van der Waals surface area contributed by atoms with Gasteiger partial charge in [-0.2, -0.15) is 0 Å². The molecule has 2 aromatic rings. The fourth-order valence-electron chi connectivity index (χ4n) is 2.31. The first-order chi connectivity index (χ1) is 8.63. The summed E-state index contributed by atoms with van der Waals surface area (Å²) in [7, 11) is 0. The molecule has 0 saturated heterocycles. The SMILES string of the molecule is CCCCCC(N)c1oc2ccc(F)cc2c1C. The van der Waals surface area contributed by atoms with E-state index in [1.807, 2.05) is 6.92 Å². The molecule has 0 saturated carbocycles. The van der Waals surface area contributed by atoms with Crippen LogP contribution >= 0.6 is 0 Å². The average Bonchev–Trinajstić information content (AvgIpc) is 2.67. The van der Waals surface area contributed by atoms with Crippen LogP contribution in [0, 0.1) is 12.7 Å². The monoisotopic (exact) mass is 249 g/mol. The van der Waals surface area contributed by atoms with Gasteiger partial charge in [0, 0.05) is 10.9 Å². The van der Waals surface area contributed by atoms with Gasteiger partial charge in [0.2, 0.25) is 0 Å². The molecule has 98 valence electrons. The molecule has 0 radical (unpaired) electrons. The van der Waals surface area contributed by atoms with Crippen molar-refractivity contribution in [3.8, 4) is 0 Å². The van der Waals surface area contributed by atoms with E-state index >= 15 is 0 Å². The molecule has 1 aromatic heterocycles. The molecule has 0 aliphatic heterocycles. The van der Waals surface area contributed by atoms with E-state index in [2.05, 4.69) is 6.92 Å². The van der Waals surface area contributed by atoms with Gasteiger partial charge < -0.3 is 10.2 Å². The lowest BCUT2D eigenvalue weighted by Crippen LogP contribution is -2.10. The second-order valence-electron chi connectivity index (χ2n) is 4.83. The minimum Gasteiger partial charge on any atom is -0.459 e. The van der Waals surface area contributed by atoms with Crippen LogP contribution in [0.5, 0.6) is 0 Å². The lowest BCUT2D eigenvalue weighted by atomic mass is 10.0. The van der Waals surface area contributed by atoms with Crippen LogP contribution in [0.25, 0.3) is 11.0 Å². The van der Waals surface area contributed by atoms with Crippen LogP contribution in [-0.4, -0.2) is 0 Å². The zero-order valence-electron chi connectivity index (χ0n) is 11.0. The van der Waals surface area contributed by atoms with E-state index in [-0.39, 0.29) is 11.9 Å². The Bertz CT molecular complexity index is 533. The molecule has 1 aromatic carbocycles. The Balaban J connectivity index is 2.25. The first-order valence-electron chi connectivity index (χ1n) is 6.57. The Morgan fingerprint density at radius 2 is 2.11 bits per heavy atom. The Morgan fingerprint density at radius 1 is 1.33 bits per heavy atom. The molecule has 0 aliphatic rings. The predicted octanol–water partition coefficient (Wildman–Crippen LogP) is 4.46. The topological polar surface area (TPSA) is 39.2 Å². The fraction of sp³-hybridized carbons (Fsp3) is 0.467. The fourth-order valence-corrected chi connectivity index (χ4v) is 2.31. The molecule has 0 bridgehead atoms. The summed E-state index contributed by atoms with van der Waals surface area (Å²) in [5, 5.41) is 0.830. The normalized spacial score (nSPS) is 13.1. The van der Waals surface area contributed by atoms with Crippen molar-refractivity contribution in [3.05, 3.63) is 35.3 Å². The molecule has 3 heteroatoms. The van der Waals surface area contributed by atoms with Gasteiger partial charge in [-0.3, -0.25) is 0 Å². The summed E-state index contributed by atoms with van der Waals surface area (Å²) in [4.78, 5) is 0. The van der Waals surface area contributed by atoms with Crippen molar-refractivity contribution >= 4 is 11.0 Å². The summed E-state index contributed by atoms with van der Waals surface area (Å²) in [5.41, 5.74) is 7.83. The van der Waals surface area contributed by atoms with E-state index in [0.717, 1.165) is 35.1 Å². The van der Waals surface area contributed by atoms with Crippen molar-refractivity contribution < 1.29 is 8.81 Å². The van der Waals surface area contributed by atoms with Gasteiger partial charge in [-0.25, -0.2) is 4.39 Å². The number of unbranched alkanes of at least 4 members (excludes halogenated alkanes) is 2. The third-order valence-electron chi connectivity index (χ3n) is 3.39. The Labute approximate surface area is 107 Å². The van der Waals surface area contributed by atoms with Crippen LogP contribution in [0.1, 0.15) is 50.0 Å². The highest BCUT2D eigenvalue weighted by Gasteiger charge is 2.16. The number of furan rings is 1. The van der Waals surface area contributed by atoms with E-state index in [4.69, 9.17) is 10.2 Å². The maximum absolute atomic E-state index is 13.2. The van der Waals surface area contributed by atoms with Crippen molar-refractivity contribution in [2.24, 2.45) is 5.73 Å². The zero-order valence-corrected chi connectivity index (χ0v) is 11.0. The van der Waals surface area contributed by atoms with Gasteiger partial charge in [-0.05, 0) is 31.5 Å². The molecular formula is C15H20FNO. The number of nitrogens with two attached hydrogens (primary N) is 1. The van der Waals surface area contributed by atoms with E-state index in [1.54, 1.807) is 6.07 Å². The highest BCUT2D eigenvalue weighted by molar-refractivity contribution is 5.82. The van der Waals surface area contributed by atoms with E-state index in [9.17, 15) is 4.39 Å². The first-order valence-corrected chi connectivity index (χ1v) is 6.57. The van der Waals surface area contributed by atoms with Gasteiger partial charge in [0.25, 0.3) is 0 Å². The summed E-state index contributed by atoms with van der Waals surface area (Å²) in [6, 6.07) is 4.50.